The van der Waals surface area contributed by atoms with E-state index in [0.717, 1.165) is 55.7 Å². The van der Waals surface area contributed by atoms with E-state index < -0.39 is 5.82 Å². The van der Waals surface area contributed by atoms with Crippen molar-refractivity contribution in [3.05, 3.63) is 59.8 Å². The van der Waals surface area contributed by atoms with Crippen LogP contribution in [0.25, 0.3) is 22.2 Å². The molecule has 1 saturated heterocycles. The Labute approximate surface area is 222 Å². The molecule has 0 atom stereocenters. The van der Waals surface area contributed by atoms with E-state index >= 15 is 0 Å². The molecular formula is C29H35FN8. The first-order valence-electron chi connectivity index (χ1n) is 13.7. The Kier molecular flexibility index (Phi) is 7.04. The summed E-state index contributed by atoms with van der Waals surface area (Å²) in [5.74, 6) is 1.00. The summed E-state index contributed by atoms with van der Waals surface area (Å²) < 4.78 is 16.9. The van der Waals surface area contributed by atoms with Crippen LogP contribution in [0.5, 0.6) is 0 Å². The third-order valence-electron chi connectivity index (χ3n) is 8.02. The first-order chi connectivity index (χ1) is 18.6. The van der Waals surface area contributed by atoms with Gasteiger partial charge < -0.3 is 10.2 Å². The Morgan fingerprint density at radius 3 is 2.50 bits per heavy atom. The predicted molar refractivity (Wildman–Crippen MR) is 148 cm³/mol. The lowest BCUT2D eigenvalue weighted by Crippen LogP contribution is -2.45. The number of nitrogens with zero attached hydrogens (tertiary/aromatic N) is 7. The highest BCUT2D eigenvalue weighted by Gasteiger charge is 2.24. The topological polar surface area (TPSA) is 75.0 Å². The minimum Gasteiger partial charge on any atom is -0.309 e. The van der Waals surface area contributed by atoms with Crippen LogP contribution in [0.1, 0.15) is 49.8 Å². The number of rotatable bonds is 7. The van der Waals surface area contributed by atoms with E-state index in [1.807, 2.05) is 42.2 Å². The van der Waals surface area contributed by atoms with Crippen LogP contribution >= 0.6 is 0 Å². The predicted octanol–water partition coefficient (Wildman–Crippen LogP) is 5.10. The third-order valence-corrected chi connectivity index (χ3v) is 8.02. The summed E-state index contributed by atoms with van der Waals surface area (Å²) in [6, 6.07) is 9.88. The van der Waals surface area contributed by atoms with Gasteiger partial charge in [0.25, 0.3) is 0 Å². The molecule has 1 aliphatic heterocycles. The summed E-state index contributed by atoms with van der Waals surface area (Å²) in [4.78, 5) is 18.2. The van der Waals surface area contributed by atoms with Crippen molar-refractivity contribution in [1.29, 1.82) is 0 Å². The van der Waals surface area contributed by atoms with E-state index in [0.29, 0.717) is 17.7 Å². The van der Waals surface area contributed by atoms with Gasteiger partial charge in [-0.15, -0.1) is 0 Å². The molecule has 6 rings (SSSR count). The summed E-state index contributed by atoms with van der Waals surface area (Å²) in [5.41, 5.74) is 4.34. The van der Waals surface area contributed by atoms with Gasteiger partial charge in [0.2, 0.25) is 5.95 Å². The lowest BCUT2D eigenvalue weighted by Gasteiger charge is -2.33. The van der Waals surface area contributed by atoms with Crippen molar-refractivity contribution in [1.82, 2.24) is 34.5 Å². The minimum absolute atomic E-state index is 0.272. The van der Waals surface area contributed by atoms with Crippen molar-refractivity contribution in [3.63, 3.8) is 0 Å². The van der Waals surface area contributed by atoms with E-state index in [1.165, 1.54) is 43.1 Å². The number of hydrogen-bond donors (Lipinski definition) is 1. The SMILES string of the molecule is CCN1CCN(Cc2ccc(Nc3ncc(F)c(-c4ccc5nn(C)c(C6CCCC6)c5c4)n3)nc2)CC1. The van der Waals surface area contributed by atoms with Crippen molar-refractivity contribution >= 4 is 22.7 Å². The van der Waals surface area contributed by atoms with Crippen LogP contribution < -0.4 is 5.32 Å². The Hall–Kier alpha value is -3.43. The molecule has 0 spiro atoms. The van der Waals surface area contributed by atoms with Gasteiger partial charge in [-0.25, -0.2) is 19.3 Å². The fourth-order valence-electron chi connectivity index (χ4n) is 5.91. The Morgan fingerprint density at radius 1 is 0.974 bits per heavy atom. The van der Waals surface area contributed by atoms with E-state index in [9.17, 15) is 4.39 Å². The molecule has 4 heterocycles. The van der Waals surface area contributed by atoms with Gasteiger partial charge in [-0.3, -0.25) is 9.58 Å². The van der Waals surface area contributed by atoms with E-state index in [1.54, 1.807) is 0 Å². The second-order valence-corrected chi connectivity index (χ2v) is 10.5. The summed E-state index contributed by atoms with van der Waals surface area (Å²) >= 11 is 0. The number of fused-ring (bicyclic) bond motifs is 1. The summed E-state index contributed by atoms with van der Waals surface area (Å²) in [7, 11) is 2.01. The highest BCUT2D eigenvalue weighted by molar-refractivity contribution is 5.87. The van der Waals surface area contributed by atoms with Crippen molar-refractivity contribution in [3.8, 4) is 11.3 Å². The fourth-order valence-corrected chi connectivity index (χ4v) is 5.91. The van der Waals surface area contributed by atoms with Crippen molar-refractivity contribution in [2.24, 2.45) is 7.05 Å². The number of aryl methyl sites for hydroxylation is 1. The number of likely N-dealkylation sites (N-methyl/N-ethyl adjacent to an activating group) is 1. The molecule has 9 heteroatoms. The average molecular weight is 515 g/mol. The summed E-state index contributed by atoms with van der Waals surface area (Å²) in [6.07, 6.45) is 7.96. The Balaban J connectivity index is 1.19. The summed E-state index contributed by atoms with van der Waals surface area (Å²) in [5, 5.41) is 8.93. The van der Waals surface area contributed by atoms with Gasteiger partial charge in [-0.05, 0) is 43.1 Å². The smallest absolute Gasteiger partial charge is 0.229 e. The molecule has 0 amide bonds. The lowest BCUT2D eigenvalue weighted by molar-refractivity contribution is 0.132. The Bertz CT molecular complexity index is 1400. The number of aromatic nitrogens is 5. The maximum Gasteiger partial charge on any atom is 0.229 e. The molecule has 1 aromatic carbocycles. The van der Waals surface area contributed by atoms with Crippen molar-refractivity contribution < 1.29 is 4.39 Å². The molecule has 2 aliphatic rings. The van der Waals surface area contributed by atoms with E-state index in [-0.39, 0.29) is 5.69 Å². The molecule has 3 aromatic heterocycles. The minimum atomic E-state index is -0.451. The van der Waals surface area contributed by atoms with Crippen LogP contribution in [0.3, 0.4) is 0 Å². The van der Waals surface area contributed by atoms with Crippen LogP contribution in [0.2, 0.25) is 0 Å². The van der Waals surface area contributed by atoms with Gasteiger partial charge in [-0.1, -0.05) is 31.9 Å². The van der Waals surface area contributed by atoms with Gasteiger partial charge in [0, 0.05) is 68.5 Å². The van der Waals surface area contributed by atoms with E-state index in [4.69, 9.17) is 5.10 Å². The third kappa shape index (κ3) is 5.13. The monoisotopic (exact) mass is 514 g/mol. The molecule has 0 bridgehead atoms. The maximum atomic E-state index is 14.9. The largest absolute Gasteiger partial charge is 0.309 e. The van der Waals surface area contributed by atoms with Crippen LogP contribution in [0.4, 0.5) is 16.2 Å². The van der Waals surface area contributed by atoms with Gasteiger partial charge in [0.15, 0.2) is 5.82 Å². The molecule has 8 nitrogen and oxygen atoms in total. The fraction of sp³-hybridized carbons (Fsp3) is 0.448. The van der Waals surface area contributed by atoms with Crippen LogP contribution in [0, 0.1) is 5.82 Å². The molecule has 4 aromatic rings. The normalized spacial score (nSPS) is 17.4. The van der Waals surface area contributed by atoms with Crippen LogP contribution in [-0.2, 0) is 13.6 Å². The quantitative estimate of drug-likeness (QED) is 0.368. The molecule has 0 unspecified atom stereocenters. The molecule has 1 saturated carbocycles. The zero-order chi connectivity index (χ0) is 26.1. The number of hydrogen-bond acceptors (Lipinski definition) is 7. The van der Waals surface area contributed by atoms with Gasteiger partial charge >= 0.3 is 0 Å². The molecular weight excluding hydrogens is 479 g/mol. The number of nitrogens with one attached hydrogen (secondary N) is 1. The first-order valence-corrected chi connectivity index (χ1v) is 13.7. The standard InChI is InChI=1S/C29H35FN8/c1-3-37-12-14-38(15-13-37)19-20-8-11-26(31-17-20)33-29-32-18-24(30)27(34-29)22-9-10-25-23(16-22)28(36(2)35-25)21-6-4-5-7-21/h8-11,16-18,21H,3-7,12-15,19H2,1-2H3,(H,31,32,33,34). The highest BCUT2D eigenvalue weighted by Crippen LogP contribution is 2.38. The van der Waals surface area contributed by atoms with Gasteiger partial charge in [0.1, 0.15) is 11.5 Å². The first kappa shape index (κ1) is 24.9. The molecule has 0 radical (unpaired) electrons. The number of pyridine rings is 1. The van der Waals surface area contributed by atoms with Crippen LogP contribution in [0.15, 0.2) is 42.7 Å². The van der Waals surface area contributed by atoms with Gasteiger partial charge in [-0.2, -0.15) is 5.10 Å². The Morgan fingerprint density at radius 2 is 1.76 bits per heavy atom. The zero-order valence-corrected chi connectivity index (χ0v) is 22.2. The van der Waals surface area contributed by atoms with Crippen molar-refractivity contribution in [2.45, 2.75) is 45.1 Å². The zero-order valence-electron chi connectivity index (χ0n) is 22.2. The average Bonchev–Trinajstić information content (AvgIpc) is 3.58. The number of piperazine rings is 1. The lowest BCUT2D eigenvalue weighted by atomic mass is 9.98. The molecule has 1 N–H and O–H groups in total. The number of halogens is 1. The molecule has 38 heavy (non-hydrogen) atoms. The van der Waals surface area contributed by atoms with Gasteiger partial charge in [0.05, 0.1) is 11.7 Å². The number of benzene rings is 1. The molecule has 198 valence electrons. The van der Waals surface area contributed by atoms with Crippen molar-refractivity contribution in [2.75, 3.05) is 38.0 Å². The second-order valence-electron chi connectivity index (χ2n) is 10.5. The van der Waals surface area contributed by atoms with Crippen LogP contribution in [-0.4, -0.2) is 67.3 Å². The second kappa shape index (κ2) is 10.7. The molecule has 2 fully saturated rings. The summed E-state index contributed by atoms with van der Waals surface area (Å²) in [6.45, 7) is 8.60. The maximum absolute atomic E-state index is 14.9. The number of anilines is 2. The highest BCUT2D eigenvalue weighted by atomic mass is 19.1. The molecule has 1 aliphatic carbocycles. The van der Waals surface area contributed by atoms with E-state index in [2.05, 4.69) is 43.1 Å².